The van der Waals surface area contributed by atoms with E-state index in [-0.39, 0.29) is 12.2 Å². The van der Waals surface area contributed by atoms with Gasteiger partial charge in [0.2, 0.25) is 0 Å². The van der Waals surface area contributed by atoms with Gasteiger partial charge < -0.3 is 20.1 Å². The zero-order valence-electron chi connectivity index (χ0n) is 18.2. The minimum absolute atomic E-state index is 0.0840. The van der Waals surface area contributed by atoms with Crippen molar-refractivity contribution in [2.75, 3.05) is 10.6 Å². The SMILES string of the molecule is C=C(C)C1OC1c1cccc(Nc2cc(Nc3ccc(Oc4ccccc4)cc3)ncn2)c1. The Morgan fingerprint density at radius 1 is 0.818 bits per heavy atom. The number of hydrogen-bond donors (Lipinski definition) is 2. The van der Waals surface area contributed by atoms with E-state index in [0.717, 1.165) is 34.0 Å². The molecule has 0 aliphatic carbocycles. The van der Waals surface area contributed by atoms with E-state index in [0.29, 0.717) is 11.6 Å². The molecular weight excluding hydrogens is 412 g/mol. The lowest BCUT2D eigenvalue weighted by Gasteiger charge is -2.10. The zero-order valence-corrected chi connectivity index (χ0v) is 18.2. The smallest absolute Gasteiger partial charge is 0.135 e. The highest BCUT2D eigenvalue weighted by molar-refractivity contribution is 5.63. The summed E-state index contributed by atoms with van der Waals surface area (Å²) in [6.45, 7) is 5.97. The molecule has 0 radical (unpaired) electrons. The maximum atomic E-state index is 5.84. The number of epoxide rings is 1. The van der Waals surface area contributed by atoms with E-state index in [1.807, 2.05) is 79.7 Å². The van der Waals surface area contributed by atoms with Crippen molar-refractivity contribution in [3.8, 4) is 11.5 Å². The van der Waals surface area contributed by atoms with Crippen LogP contribution in [0.2, 0.25) is 0 Å². The van der Waals surface area contributed by atoms with Crippen molar-refractivity contribution < 1.29 is 9.47 Å². The Kier molecular flexibility index (Phi) is 5.74. The van der Waals surface area contributed by atoms with Crippen molar-refractivity contribution in [2.24, 2.45) is 0 Å². The molecule has 1 aromatic heterocycles. The van der Waals surface area contributed by atoms with Gasteiger partial charge in [0, 0.05) is 17.4 Å². The van der Waals surface area contributed by atoms with Crippen LogP contribution in [0.15, 0.2) is 103 Å². The van der Waals surface area contributed by atoms with Crippen molar-refractivity contribution in [1.82, 2.24) is 9.97 Å². The van der Waals surface area contributed by atoms with E-state index in [1.165, 1.54) is 6.33 Å². The second kappa shape index (κ2) is 9.14. The third-order valence-electron chi connectivity index (χ3n) is 5.24. The standard InChI is InChI=1S/C27H24N4O2/c1-18(2)26-27(33-26)19-7-6-8-21(15-19)31-25-16-24(28-17-29-25)30-20-11-13-23(14-12-20)32-22-9-4-3-5-10-22/h3-17,26-27H,1H2,2H3,(H2,28,29,30,31). The van der Waals surface area contributed by atoms with Gasteiger partial charge in [0.1, 0.15) is 41.7 Å². The predicted octanol–water partition coefficient (Wildman–Crippen LogP) is 6.77. The second-order valence-electron chi connectivity index (χ2n) is 7.93. The highest BCUT2D eigenvalue weighted by Crippen LogP contribution is 2.43. The van der Waals surface area contributed by atoms with Gasteiger partial charge in [0.05, 0.1) is 0 Å². The first kappa shape index (κ1) is 20.7. The van der Waals surface area contributed by atoms with Crippen LogP contribution < -0.4 is 15.4 Å². The minimum Gasteiger partial charge on any atom is -0.457 e. The van der Waals surface area contributed by atoms with Gasteiger partial charge in [-0.25, -0.2) is 9.97 Å². The van der Waals surface area contributed by atoms with Crippen LogP contribution in [-0.4, -0.2) is 16.1 Å². The van der Waals surface area contributed by atoms with Crippen LogP contribution >= 0.6 is 0 Å². The van der Waals surface area contributed by atoms with Gasteiger partial charge in [-0.1, -0.05) is 36.9 Å². The zero-order chi connectivity index (χ0) is 22.6. The molecule has 3 aromatic carbocycles. The van der Waals surface area contributed by atoms with E-state index in [2.05, 4.69) is 39.3 Å². The summed E-state index contributed by atoms with van der Waals surface area (Å²) in [6, 6.07) is 27.5. The number of nitrogens with zero attached hydrogens (tertiary/aromatic N) is 2. The lowest BCUT2D eigenvalue weighted by atomic mass is 10.1. The fourth-order valence-corrected chi connectivity index (χ4v) is 3.55. The fraction of sp³-hybridized carbons (Fsp3) is 0.111. The molecule has 2 atom stereocenters. The molecule has 1 saturated heterocycles. The molecule has 0 bridgehead atoms. The lowest BCUT2D eigenvalue weighted by Crippen LogP contribution is -1.99. The number of aromatic nitrogens is 2. The number of nitrogens with one attached hydrogen (secondary N) is 2. The van der Waals surface area contributed by atoms with Crippen LogP contribution in [-0.2, 0) is 4.74 Å². The van der Waals surface area contributed by atoms with Crippen molar-refractivity contribution in [2.45, 2.75) is 19.1 Å². The van der Waals surface area contributed by atoms with Gasteiger partial charge in [0.15, 0.2) is 0 Å². The van der Waals surface area contributed by atoms with Crippen LogP contribution in [0.5, 0.6) is 11.5 Å². The first-order chi connectivity index (χ1) is 16.1. The third kappa shape index (κ3) is 5.19. The summed E-state index contributed by atoms with van der Waals surface area (Å²) in [5.74, 6) is 2.96. The Morgan fingerprint density at radius 2 is 1.52 bits per heavy atom. The van der Waals surface area contributed by atoms with Crippen molar-refractivity contribution >= 4 is 23.0 Å². The van der Waals surface area contributed by atoms with Gasteiger partial charge in [-0.05, 0) is 66.6 Å². The molecule has 6 heteroatoms. The van der Waals surface area contributed by atoms with Crippen LogP contribution in [0.3, 0.4) is 0 Å². The maximum absolute atomic E-state index is 5.84. The highest BCUT2D eigenvalue weighted by Gasteiger charge is 2.40. The largest absolute Gasteiger partial charge is 0.457 e. The molecule has 2 unspecified atom stereocenters. The van der Waals surface area contributed by atoms with E-state index in [9.17, 15) is 0 Å². The Morgan fingerprint density at radius 3 is 2.21 bits per heavy atom. The summed E-state index contributed by atoms with van der Waals surface area (Å²) in [7, 11) is 0. The molecule has 33 heavy (non-hydrogen) atoms. The second-order valence-corrected chi connectivity index (χ2v) is 7.93. The van der Waals surface area contributed by atoms with E-state index in [1.54, 1.807) is 0 Å². The van der Waals surface area contributed by atoms with Crippen molar-refractivity contribution in [3.63, 3.8) is 0 Å². The molecule has 0 saturated carbocycles. The van der Waals surface area contributed by atoms with Crippen molar-refractivity contribution in [3.05, 3.63) is 109 Å². The normalized spacial score (nSPS) is 16.6. The van der Waals surface area contributed by atoms with Crippen molar-refractivity contribution in [1.29, 1.82) is 0 Å². The number of ether oxygens (including phenoxy) is 2. The first-order valence-corrected chi connectivity index (χ1v) is 10.7. The lowest BCUT2D eigenvalue weighted by molar-refractivity contribution is 0.389. The summed E-state index contributed by atoms with van der Waals surface area (Å²) < 4.78 is 11.6. The molecule has 0 spiro atoms. The molecule has 6 nitrogen and oxygen atoms in total. The average molecular weight is 437 g/mol. The number of rotatable bonds is 8. The average Bonchev–Trinajstić information content (AvgIpc) is 3.63. The third-order valence-corrected chi connectivity index (χ3v) is 5.24. The molecule has 5 rings (SSSR count). The Balaban J connectivity index is 1.23. The van der Waals surface area contributed by atoms with E-state index in [4.69, 9.17) is 9.47 Å². The highest BCUT2D eigenvalue weighted by atomic mass is 16.6. The van der Waals surface area contributed by atoms with Crippen LogP contribution in [0.25, 0.3) is 0 Å². The molecule has 1 fully saturated rings. The quantitative estimate of drug-likeness (QED) is 0.234. The van der Waals surface area contributed by atoms with Crippen LogP contribution in [0.1, 0.15) is 18.6 Å². The summed E-state index contributed by atoms with van der Waals surface area (Å²) in [4.78, 5) is 8.67. The molecule has 1 aliphatic rings. The van der Waals surface area contributed by atoms with E-state index >= 15 is 0 Å². The molecule has 164 valence electrons. The molecular formula is C27H24N4O2. The Hall–Kier alpha value is -4.16. The molecule has 2 heterocycles. The fourth-order valence-electron chi connectivity index (χ4n) is 3.55. The molecule has 4 aromatic rings. The maximum Gasteiger partial charge on any atom is 0.135 e. The number of para-hydroxylation sites is 1. The van der Waals surface area contributed by atoms with Gasteiger partial charge in [-0.15, -0.1) is 0 Å². The summed E-state index contributed by atoms with van der Waals surface area (Å²) in [6.07, 6.45) is 1.72. The Bertz CT molecular complexity index is 1260. The molecule has 0 amide bonds. The van der Waals surface area contributed by atoms with Crippen LogP contribution in [0.4, 0.5) is 23.0 Å². The number of anilines is 4. The minimum atomic E-state index is 0.0840. The summed E-state index contributed by atoms with van der Waals surface area (Å²) >= 11 is 0. The number of hydrogen-bond acceptors (Lipinski definition) is 6. The molecule has 1 aliphatic heterocycles. The Labute approximate surface area is 192 Å². The topological polar surface area (TPSA) is 71.6 Å². The van der Waals surface area contributed by atoms with Crippen LogP contribution in [0, 0.1) is 0 Å². The monoisotopic (exact) mass is 436 g/mol. The van der Waals surface area contributed by atoms with E-state index < -0.39 is 0 Å². The van der Waals surface area contributed by atoms with Gasteiger partial charge in [-0.2, -0.15) is 0 Å². The number of benzene rings is 3. The molecule has 2 N–H and O–H groups in total. The summed E-state index contributed by atoms with van der Waals surface area (Å²) in [5.41, 5.74) is 4.01. The van der Waals surface area contributed by atoms with Gasteiger partial charge in [-0.3, -0.25) is 0 Å². The predicted molar refractivity (Wildman–Crippen MR) is 130 cm³/mol. The van der Waals surface area contributed by atoms with Gasteiger partial charge >= 0.3 is 0 Å². The first-order valence-electron chi connectivity index (χ1n) is 10.7. The summed E-state index contributed by atoms with van der Waals surface area (Å²) in [5, 5.41) is 6.65. The van der Waals surface area contributed by atoms with Gasteiger partial charge in [0.25, 0.3) is 0 Å².